The molecule has 2 rings (SSSR count). The minimum atomic E-state index is -0.784. The number of carbonyl (C=O) groups is 2. The maximum absolute atomic E-state index is 12.1. The van der Waals surface area contributed by atoms with Crippen LogP contribution in [-0.2, 0) is 4.79 Å². The van der Waals surface area contributed by atoms with Crippen LogP contribution in [0.5, 0.6) is 0 Å². The Bertz CT molecular complexity index is 466. The second-order valence-corrected chi connectivity index (χ2v) is 4.94. The largest absolute Gasteiger partial charge is 0.481 e. The van der Waals surface area contributed by atoms with Gasteiger partial charge in [0.15, 0.2) is 0 Å². The van der Waals surface area contributed by atoms with Gasteiger partial charge in [-0.3, -0.25) is 4.79 Å². The summed E-state index contributed by atoms with van der Waals surface area (Å²) in [6.45, 7) is 1.30. The summed E-state index contributed by atoms with van der Waals surface area (Å²) in [7, 11) is 0. The Morgan fingerprint density at radius 3 is 2.85 bits per heavy atom. The summed E-state index contributed by atoms with van der Waals surface area (Å²) >= 11 is 0. The molecule has 1 aliphatic rings. The van der Waals surface area contributed by atoms with Crippen molar-refractivity contribution in [2.75, 3.05) is 18.4 Å². The maximum atomic E-state index is 12.1. The van der Waals surface area contributed by atoms with Gasteiger partial charge in [-0.25, -0.2) is 14.8 Å². The summed E-state index contributed by atoms with van der Waals surface area (Å²) in [5.74, 6) is -0.523. The zero-order valence-electron chi connectivity index (χ0n) is 11.2. The monoisotopic (exact) mass is 278 g/mol. The molecular formula is C13H18N4O3. The molecule has 1 aromatic rings. The van der Waals surface area contributed by atoms with Crippen LogP contribution in [0.3, 0.4) is 0 Å². The minimum Gasteiger partial charge on any atom is -0.481 e. The Kier molecular flexibility index (Phi) is 4.86. The fraction of sp³-hybridized carbons (Fsp3) is 0.538. The van der Waals surface area contributed by atoms with Crippen molar-refractivity contribution < 1.29 is 14.7 Å². The van der Waals surface area contributed by atoms with E-state index in [4.69, 9.17) is 5.11 Å². The van der Waals surface area contributed by atoms with Crippen LogP contribution in [-0.4, -0.2) is 45.1 Å². The lowest BCUT2D eigenvalue weighted by Crippen LogP contribution is -2.42. The first-order chi connectivity index (χ1) is 9.65. The van der Waals surface area contributed by atoms with Crippen LogP contribution >= 0.6 is 0 Å². The highest BCUT2D eigenvalue weighted by Gasteiger charge is 2.24. The summed E-state index contributed by atoms with van der Waals surface area (Å²) in [5, 5.41) is 11.4. The summed E-state index contributed by atoms with van der Waals surface area (Å²) in [4.78, 5) is 32.1. The van der Waals surface area contributed by atoms with Crippen LogP contribution in [0, 0.1) is 5.92 Å². The number of aliphatic carboxylic acids is 1. The van der Waals surface area contributed by atoms with E-state index in [1.165, 1.54) is 18.7 Å². The molecule has 1 fully saturated rings. The van der Waals surface area contributed by atoms with Gasteiger partial charge in [-0.2, -0.15) is 0 Å². The van der Waals surface area contributed by atoms with E-state index in [0.717, 1.165) is 12.8 Å². The molecule has 1 saturated heterocycles. The van der Waals surface area contributed by atoms with Gasteiger partial charge >= 0.3 is 12.0 Å². The highest BCUT2D eigenvalue weighted by molar-refractivity contribution is 5.88. The Hall–Kier alpha value is -2.18. The lowest BCUT2D eigenvalue weighted by molar-refractivity contribution is -0.137. The van der Waals surface area contributed by atoms with E-state index in [0.29, 0.717) is 25.2 Å². The first-order valence-corrected chi connectivity index (χ1v) is 6.68. The van der Waals surface area contributed by atoms with Gasteiger partial charge in [0, 0.05) is 19.5 Å². The van der Waals surface area contributed by atoms with Crippen LogP contribution in [0.4, 0.5) is 10.5 Å². The molecule has 0 radical (unpaired) electrons. The van der Waals surface area contributed by atoms with E-state index in [-0.39, 0.29) is 18.4 Å². The molecule has 1 atom stereocenters. The van der Waals surface area contributed by atoms with Crippen molar-refractivity contribution in [2.45, 2.75) is 25.7 Å². The van der Waals surface area contributed by atoms with Crippen molar-refractivity contribution in [3.8, 4) is 0 Å². The first-order valence-electron chi connectivity index (χ1n) is 6.68. The van der Waals surface area contributed by atoms with Gasteiger partial charge < -0.3 is 15.3 Å². The smallest absolute Gasteiger partial charge is 0.321 e. The Labute approximate surface area is 117 Å². The number of carbonyl (C=O) groups excluding carboxylic acids is 1. The summed E-state index contributed by atoms with van der Waals surface area (Å²) < 4.78 is 0. The molecule has 7 heteroatoms. The molecule has 2 heterocycles. The first kappa shape index (κ1) is 14.2. The third kappa shape index (κ3) is 4.18. The predicted octanol–water partition coefficient (Wildman–Crippen LogP) is 1.59. The average molecular weight is 278 g/mol. The summed E-state index contributed by atoms with van der Waals surface area (Å²) in [6, 6.07) is -0.181. The molecule has 0 bridgehead atoms. The van der Waals surface area contributed by atoms with Gasteiger partial charge in [-0.1, -0.05) is 0 Å². The van der Waals surface area contributed by atoms with E-state index >= 15 is 0 Å². The molecule has 0 saturated carbocycles. The van der Waals surface area contributed by atoms with Crippen LogP contribution in [0.2, 0.25) is 0 Å². The number of anilines is 1. The number of rotatable bonds is 4. The molecule has 1 unspecified atom stereocenters. The molecule has 1 aromatic heterocycles. The third-order valence-corrected chi connectivity index (χ3v) is 3.38. The Morgan fingerprint density at radius 1 is 1.40 bits per heavy atom. The summed E-state index contributed by atoms with van der Waals surface area (Å²) in [6.07, 6.45) is 7.14. The van der Waals surface area contributed by atoms with E-state index in [9.17, 15) is 9.59 Å². The average Bonchev–Trinajstić information content (AvgIpc) is 2.46. The number of carboxylic acids is 1. The molecule has 2 amide bonds. The van der Waals surface area contributed by atoms with E-state index in [1.807, 2.05) is 0 Å². The van der Waals surface area contributed by atoms with Crippen LogP contribution in [0.25, 0.3) is 0 Å². The van der Waals surface area contributed by atoms with E-state index in [2.05, 4.69) is 15.3 Å². The zero-order chi connectivity index (χ0) is 14.4. The molecule has 0 spiro atoms. The van der Waals surface area contributed by atoms with Crippen LogP contribution < -0.4 is 5.32 Å². The minimum absolute atomic E-state index is 0.159. The lowest BCUT2D eigenvalue weighted by atomic mass is 9.93. The number of amides is 2. The molecule has 7 nitrogen and oxygen atoms in total. The quantitative estimate of drug-likeness (QED) is 0.871. The molecule has 0 aromatic carbocycles. The van der Waals surface area contributed by atoms with Crippen molar-refractivity contribution in [1.82, 2.24) is 14.9 Å². The van der Waals surface area contributed by atoms with Crippen molar-refractivity contribution in [3.63, 3.8) is 0 Å². The highest BCUT2D eigenvalue weighted by atomic mass is 16.4. The molecule has 0 aliphatic carbocycles. The highest BCUT2D eigenvalue weighted by Crippen LogP contribution is 2.21. The van der Waals surface area contributed by atoms with Crippen molar-refractivity contribution >= 4 is 17.7 Å². The topological polar surface area (TPSA) is 95.4 Å². The van der Waals surface area contributed by atoms with Gasteiger partial charge in [0.1, 0.15) is 6.33 Å². The molecule has 108 valence electrons. The zero-order valence-corrected chi connectivity index (χ0v) is 11.2. The number of hydrogen-bond acceptors (Lipinski definition) is 4. The third-order valence-electron chi connectivity index (χ3n) is 3.38. The second kappa shape index (κ2) is 6.83. The van der Waals surface area contributed by atoms with Gasteiger partial charge in [0.2, 0.25) is 0 Å². The van der Waals surface area contributed by atoms with Crippen molar-refractivity contribution in [1.29, 1.82) is 0 Å². The van der Waals surface area contributed by atoms with Gasteiger partial charge in [0.05, 0.1) is 18.1 Å². The number of nitrogens with zero attached hydrogens (tertiary/aromatic N) is 3. The number of urea groups is 1. The van der Waals surface area contributed by atoms with Gasteiger partial charge in [-0.15, -0.1) is 0 Å². The molecular weight excluding hydrogens is 260 g/mol. The standard InChI is InChI=1S/C13H18N4O3/c18-12(19)4-3-10-2-1-5-17(8-10)13(20)16-11-6-14-9-15-7-11/h6-7,9-10H,1-5,8H2,(H,16,20)(H,18,19). The summed E-state index contributed by atoms with van der Waals surface area (Å²) in [5.41, 5.74) is 0.560. The number of aromatic nitrogens is 2. The Balaban J connectivity index is 1.85. The number of piperidine rings is 1. The number of carboxylic acid groups (broad SMARTS) is 1. The fourth-order valence-electron chi connectivity index (χ4n) is 2.38. The molecule has 2 N–H and O–H groups in total. The number of hydrogen-bond donors (Lipinski definition) is 2. The van der Waals surface area contributed by atoms with Gasteiger partial charge in [-0.05, 0) is 25.2 Å². The van der Waals surface area contributed by atoms with Gasteiger partial charge in [0.25, 0.3) is 0 Å². The van der Waals surface area contributed by atoms with Crippen LogP contribution in [0.1, 0.15) is 25.7 Å². The van der Waals surface area contributed by atoms with E-state index < -0.39 is 5.97 Å². The lowest BCUT2D eigenvalue weighted by Gasteiger charge is -2.32. The maximum Gasteiger partial charge on any atom is 0.321 e. The number of likely N-dealkylation sites (tertiary alicyclic amines) is 1. The van der Waals surface area contributed by atoms with Crippen molar-refractivity contribution in [3.05, 3.63) is 18.7 Å². The fourth-order valence-corrected chi connectivity index (χ4v) is 2.38. The molecule has 20 heavy (non-hydrogen) atoms. The second-order valence-electron chi connectivity index (χ2n) is 4.94. The number of nitrogens with one attached hydrogen (secondary N) is 1. The van der Waals surface area contributed by atoms with Crippen molar-refractivity contribution in [2.24, 2.45) is 5.92 Å². The Morgan fingerprint density at radius 2 is 2.15 bits per heavy atom. The SMILES string of the molecule is O=C(O)CCC1CCCN(C(=O)Nc2cncnc2)C1. The van der Waals surface area contributed by atoms with E-state index in [1.54, 1.807) is 4.90 Å². The van der Waals surface area contributed by atoms with Crippen LogP contribution in [0.15, 0.2) is 18.7 Å². The normalized spacial score (nSPS) is 18.6. The predicted molar refractivity (Wildman–Crippen MR) is 72.2 cm³/mol. The molecule has 1 aliphatic heterocycles.